The van der Waals surface area contributed by atoms with Crippen LogP contribution in [0.5, 0.6) is 0 Å². The van der Waals surface area contributed by atoms with Gasteiger partial charge >= 0.3 is 6.18 Å². The number of ether oxygens (including phenoxy) is 1. The molecule has 3 heterocycles. The predicted octanol–water partition coefficient (Wildman–Crippen LogP) is 4.04. The van der Waals surface area contributed by atoms with Gasteiger partial charge < -0.3 is 15.4 Å². The first-order valence-corrected chi connectivity index (χ1v) is 12.2. The monoisotopic (exact) mass is 515 g/mol. The molecule has 2 aliphatic heterocycles. The molecule has 3 aromatic rings. The minimum absolute atomic E-state index is 0.00601. The number of aromatic nitrogens is 2. The SMILES string of the molecule is Cc1ccc(Cn2ncc3cc(/C=C4\SC(N5CCOC(CN)C5)=NC4=O)ccc32)c(C(F)(F)F)c1. The number of morpholine rings is 1. The molecule has 0 bridgehead atoms. The summed E-state index contributed by atoms with van der Waals surface area (Å²) in [6.45, 7) is 3.80. The van der Waals surface area contributed by atoms with Crippen LogP contribution in [0.25, 0.3) is 17.0 Å². The second-order valence-corrected chi connectivity index (χ2v) is 9.77. The summed E-state index contributed by atoms with van der Waals surface area (Å²) in [5, 5.41) is 5.72. The first-order chi connectivity index (χ1) is 17.2. The van der Waals surface area contributed by atoms with Crippen molar-refractivity contribution in [1.82, 2.24) is 14.7 Å². The number of fused-ring (bicyclic) bond motifs is 1. The highest BCUT2D eigenvalue weighted by molar-refractivity contribution is 8.18. The fourth-order valence-electron chi connectivity index (χ4n) is 4.30. The average Bonchev–Trinajstić information content (AvgIpc) is 3.42. The van der Waals surface area contributed by atoms with Crippen molar-refractivity contribution < 1.29 is 22.7 Å². The van der Waals surface area contributed by atoms with E-state index in [1.807, 2.05) is 17.0 Å². The van der Waals surface area contributed by atoms with E-state index >= 15 is 0 Å². The van der Waals surface area contributed by atoms with Gasteiger partial charge in [0.25, 0.3) is 5.91 Å². The van der Waals surface area contributed by atoms with Crippen molar-refractivity contribution in [3.63, 3.8) is 0 Å². The number of hydrogen-bond acceptors (Lipinski definition) is 6. The van der Waals surface area contributed by atoms with E-state index in [2.05, 4.69) is 10.1 Å². The number of nitrogens with two attached hydrogens (primary N) is 1. The Morgan fingerprint density at radius 3 is 2.86 bits per heavy atom. The molecular formula is C25H24F3N5O2S. The van der Waals surface area contributed by atoms with Crippen LogP contribution in [-0.2, 0) is 22.3 Å². The van der Waals surface area contributed by atoms with Crippen LogP contribution in [0.4, 0.5) is 13.2 Å². The van der Waals surface area contributed by atoms with E-state index < -0.39 is 11.7 Å². The Morgan fingerprint density at radius 1 is 1.25 bits per heavy atom. The number of aryl methyl sites for hydroxylation is 1. The van der Waals surface area contributed by atoms with Gasteiger partial charge in [0.1, 0.15) is 0 Å². The molecule has 2 aliphatic rings. The minimum atomic E-state index is -4.44. The third-order valence-corrected chi connectivity index (χ3v) is 7.18. The summed E-state index contributed by atoms with van der Waals surface area (Å²) in [5.41, 5.74) is 7.24. The van der Waals surface area contributed by atoms with Crippen LogP contribution in [0.2, 0.25) is 0 Å². The molecule has 5 rings (SSSR count). The van der Waals surface area contributed by atoms with Crippen LogP contribution in [0, 0.1) is 6.92 Å². The highest BCUT2D eigenvalue weighted by Crippen LogP contribution is 2.34. The molecule has 1 amide bonds. The standard InChI is InChI=1S/C25H24F3N5O2S/c1-15-2-4-17(20(8-15)25(26,27)28)13-33-21-5-3-16(9-18(21)12-30-33)10-22-23(34)31-24(36-22)32-6-7-35-19(11-29)14-32/h2-5,8-10,12,19H,6-7,11,13-14,29H2,1H3/b22-10-. The number of aliphatic imine (C=N–C) groups is 1. The number of thioether (sulfide) groups is 1. The van der Waals surface area contributed by atoms with E-state index in [1.165, 1.54) is 17.8 Å². The maximum atomic E-state index is 13.5. The number of benzene rings is 2. The van der Waals surface area contributed by atoms with Gasteiger partial charge in [0, 0.05) is 25.0 Å². The van der Waals surface area contributed by atoms with Crippen molar-refractivity contribution in [2.75, 3.05) is 26.2 Å². The zero-order chi connectivity index (χ0) is 25.4. The predicted molar refractivity (Wildman–Crippen MR) is 133 cm³/mol. The maximum Gasteiger partial charge on any atom is 0.416 e. The molecule has 0 aliphatic carbocycles. The van der Waals surface area contributed by atoms with Gasteiger partial charge in [-0.2, -0.15) is 23.3 Å². The average molecular weight is 516 g/mol. The molecule has 36 heavy (non-hydrogen) atoms. The molecule has 0 saturated carbocycles. The van der Waals surface area contributed by atoms with Gasteiger partial charge in [0.2, 0.25) is 0 Å². The lowest BCUT2D eigenvalue weighted by molar-refractivity contribution is -0.138. The summed E-state index contributed by atoms with van der Waals surface area (Å²) in [4.78, 5) is 19.2. The van der Waals surface area contributed by atoms with Gasteiger partial charge in [-0.05, 0) is 54.1 Å². The summed E-state index contributed by atoms with van der Waals surface area (Å²) >= 11 is 1.31. The van der Waals surface area contributed by atoms with Crippen molar-refractivity contribution in [2.45, 2.75) is 25.7 Å². The van der Waals surface area contributed by atoms with Crippen molar-refractivity contribution in [2.24, 2.45) is 10.7 Å². The summed E-state index contributed by atoms with van der Waals surface area (Å²) in [6, 6.07) is 9.80. The van der Waals surface area contributed by atoms with E-state index in [0.717, 1.165) is 17.0 Å². The molecule has 1 fully saturated rings. The van der Waals surface area contributed by atoms with E-state index in [0.29, 0.717) is 47.4 Å². The lowest BCUT2D eigenvalue weighted by atomic mass is 10.0. The van der Waals surface area contributed by atoms with Gasteiger partial charge in [-0.25, -0.2) is 0 Å². The van der Waals surface area contributed by atoms with E-state index in [9.17, 15) is 18.0 Å². The van der Waals surface area contributed by atoms with Crippen LogP contribution in [-0.4, -0.2) is 58.1 Å². The van der Waals surface area contributed by atoms with Gasteiger partial charge in [0.15, 0.2) is 5.17 Å². The van der Waals surface area contributed by atoms with Crippen LogP contribution in [0.1, 0.15) is 22.3 Å². The maximum absolute atomic E-state index is 13.5. The number of hydrogen-bond donors (Lipinski definition) is 1. The second-order valence-electron chi connectivity index (χ2n) is 8.76. The van der Waals surface area contributed by atoms with Crippen molar-refractivity contribution >= 4 is 39.8 Å². The second kappa shape index (κ2) is 9.72. The molecule has 11 heteroatoms. The minimum Gasteiger partial charge on any atom is -0.373 e. The molecule has 188 valence electrons. The number of carbonyl (C=O) groups excluding carboxylic acids is 1. The normalized spacial score (nSPS) is 20.0. The van der Waals surface area contributed by atoms with Gasteiger partial charge in [-0.3, -0.25) is 9.48 Å². The molecule has 1 atom stereocenters. The number of amidine groups is 1. The Bertz CT molecular complexity index is 1380. The first-order valence-electron chi connectivity index (χ1n) is 11.4. The highest BCUT2D eigenvalue weighted by Gasteiger charge is 2.33. The van der Waals surface area contributed by atoms with Gasteiger partial charge in [-0.1, -0.05) is 23.8 Å². The molecule has 1 aromatic heterocycles. The van der Waals surface area contributed by atoms with E-state index in [-0.39, 0.29) is 24.1 Å². The quantitative estimate of drug-likeness (QED) is 0.528. The molecule has 0 spiro atoms. The Hall–Kier alpha value is -3.15. The fourth-order valence-corrected chi connectivity index (χ4v) is 5.24. The zero-order valence-electron chi connectivity index (χ0n) is 19.5. The lowest BCUT2D eigenvalue weighted by Crippen LogP contribution is -2.47. The third kappa shape index (κ3) is 5.04. The number of alkyl halides is 3. The van der Waals surface area contributed by atoms with Crippen LogP contribution >= 0.6 is 11.8 Å². The van der Waals surface area contributed by atoms with Gasteiger partial charge in [-0.15, -0.1) is 0 Å². The fraction of sp³-hybridized carbons (Fsp3) is 0.320. The first kappa shape index (κ1) is 24.5. The lowest BCUT2D eigenvalue weighted by Gasteiger charge is -2.32. The van der Waals surface area contributed by atoms with Crippen LogP contribution in [0.3, 0.4) is 0 Å². The zero-order valence-corrected chi connectivity index (χ0v) is 20.3. The summed E-state index contributed by atoms with van der Waals surface area (Å²) in [7, 11) is 0. The summed E-state index contributed by atoms with van der Waals surface area (Å²) < 4.78 is 47.8. The third-order valence-electron chi connectivity index (χ3n) is 6.14. The molecule has 7 nitrogen and oxygen atoms in total. The molecule has 1 unspecified atom stereocenters. The van der Waals surface area contributed by atoms with Gasteiger partial charge in [0.05, 0.1) is 41.4 Å². The highest BCUT2D eigenvalue weighted by atomic mass is 32.2. The molecular weight excluding hydrogens is 491 g/mol. The van der Waals surface area contributed by atoms with E-state index in [4.69, 9.17) is 10.5 Å². The Balaban J connectivity index is 1.35. The van der Waals surface area contributed by atoms with Crippen molar-refractivity contribution in [3.8, 4) is 0 Å². The summed E-state index contributed by atoms with van der Waals surface area (Å²) in [6.07, 6.45) is -1.15. The number of nitrogens with zero attached hydrogens (tertiary/aromatic N) is 4. The molecule has 2 N–H and O–H groups in total. The van der Waals surface area contributed by atoms with Crippen LogP contribution < -0.4 is 5.73 Å². The van der Waals surface area contributed by atoms with E-state index in [1.54, 1.807) is 36.0 Å². The molecule has 2 aromatic carbocycles. The van der Waals surface area contributed by atoms with Crippen molar-refractivity contribution in [1.29, 1.82) is 0 Å². The number of amides is 1. The molecule has 1 saturated heterocycles. The number of halogens is 3. The summed E-state index contributed by atoms with van der Waals surface area (Å²) in [5.74, 6) is -0.305. The topological polar surface area (TPSA) is 85.7 Å². The molecule has 0 radical (unpaired) electrons. The largest absolute Gasteiger partial charge is 0.416 e. The Labute approximate surface area is 209 Å². The number of carbonyl (C=O) groups is 1. The smallest absolute Gasteiger partial charge is 0.373 e. The Kier molecular flexibility index (Phi) is 6.62. The number of rotatable bonds is 4. The Morgan fingerprint density at radius 2 is 2.08 bits per heavy atom. The van der Waals surface area contributed by atoms with Crippen molar-refractivity contribution in [3.05, 3.63) is 69.8 Å². The van der Waals surface area contributed by atoms with Crippen LogP contribution in [0.15, 0.2) is 52.5 Å².